The number of ether oxygens (including phenoxy) is 1. The summed E-state index contributed by atoms with van der Waals surface area (Å²) in [5.74, 6) is 1.44. The molecule has 0 aromatic heterocycles. The van der Waals surface area contributed by atoms with E-state index < -0.39 is 0 Å². The highest BCUT2D eigenvalue weighted by molar-refractivity contribution is 5.77. The summed E-state index contributed by atoms with van der Waals surface area (Å²) in [5, 5.41) is 0. The van der Waals surface area contributed by atoms with Crippen LogP contribution in [0, 0.1) is 0 Å². The molecule has 1 heterocycles. The van der Waals surface area contributed by atoms with Crippen molar-refractivity contribution >= 4 is 5.91 Å². The Balaban J connectivity index is 2.04. The first-order chi connectivity index (χ1) is 9.11. The molecule has 2 N–H and O–H groups in total. The third-order valence-corrected chi connectivity index (χ3v) is 3.62. The molecular formula is C15H22N2O2. The summed E-state index contributed by atoms with van der Waals surface area (Å²) in [7, 11) is 1.69. The second-order valence-corrected chi connectivity index (χ2v) is 5.25. The maximum Gasteiger partial charge on any atom is 0.224 e. The fourth-order valence-corrected chi connectivity index (χ4v) is 2.65. The molecule has 19 heavy (non-hydrogen) atoms. The number of nitrogens with two attached hydrogens (primary N) is 1. The minimum atomic E-state index is -0.0715. The van der Waals surface area contributed by atoms with E-state index in [4.69, 9.17) is 10.5 Å². The van der Waals surface area contributed by atoms with Crippen LogP contribution in [0.4, 0.5) is 0 Å². The Morgan fingerprint density at radius 2 is 2.26 bits per heavy atom. The number of carbonyl (C=O) groups excluding carboxylic acids is 1. The van der Waals surface area contributed by atoms with Gasteiger partial charge in [-0.25, -0.2) is 0 Å². The van der Waals surface area contributed by atoms with Gasteiger partial charge in [0.1, 0.15) is 5.75 Å². The third-order valence-electron chi connectivity index (χ3n) is 3.62. The normalized spacial score (nSPS) is 20.4. The van der Waals surface area contributed by atoms with Gasteiger partial charge < -0.3 is 15.4 Å². The fraction of sp³-hybridized carbons (Fsp3) is 0.533. The number of benzene rings is 1. The summed E-state index contributed by atoms with van der Waals surface area (Å²) in [6.45, 7) is 3.45. The van der Waals surface area contributed by atoms with Crippen molar-refractivity contribution in [3.8, 4) is 5.75 Å². The predicted molar refractivity (Wildman–Crippen MR) is 75.2 cm³/mol. The molecule has 0 aliphatic carbocycles. The van der Waals surface area contributed by atoms with Gasteiger partial charge in [0.05, 0.1) is 7.11 Å². The third kappa shape index (κ3) is 3.26. The van der Waals surface area contributed by atoms with Gasteiger partial charge in [-0.1, -0.05) is 18.2 Å². The number of nitrogens with zero attached hydrogens (tertiary/aromatic N) is 1. The van der Waals surface area contributed by atoms with E-state index in [-0.39, 0.29) is 11.9 Å². The van der Waals surface area contributed by atoms with Gasteiger partial charge in [-0.3, -0.25) is 4.79 Å². The SMILES string of the molecule is COc1ccccc1C1CCN(C(=O)CC(C)N)C1. The van der Waals surface area contributed by atoms with Crippen LogP contribution < -0.4 is 10.5 Å². The lowest BCUT2D eigenvalue weighted by Crippen LogP contribution is -2.33. The van der Waals surface area contributed by atoms with Gasteiger partial charge >= 0.3 is 0 Å². The number of amides is 1. The molecule has 104 valence electrons. The summed E-state index contributed by atoms with van der Waals surface area (Å²) < 4.78 is 5.39. The van der Waals surface area contributed by atoms with Crippen molar-refractivity contribution in [2.24, 2.45) is 5.73 Å². The van der Waals surface area contributed by atoms with Crippen LogP contribution in [0.25, 0.3) is 0 Å². The summed E-state index contributed by atoms with van der Waals surface area (Å²) >= 11 is 0. The van der Waals surface area contributed by atoms with Gasteiger partial charge in [0.25, 0.3) is 0 Å². The van der Waals surface area contributed by atoms with Gasteiger partial charge in [0.15, 0.2) is 0 Å². The second kappa shape index (κ2) is 6.06. The molecule has 0 saturated carbocycles. The van der Waals surface area contributed by atoms with Gasteiger partial charge in [0.2, 0.25) is 5.91 Å². The van der Waals surface area contributed by atoms with Gasteiger partial charge in [-0.15, -0.1) is 0 Å². The lowest BCUT2D eigenvalue weighted by atomic mass is 9.97. The van der Waals surface area contributed by atoms with Crippen molar-refractivity contribution in [1.29, 1.82) is 0 Å². The first kappa shape index (κ1) is 13.9. The number of hydrogen-bond acceptors (Lipinski definition) is 3. The summed E-state index contributed by atoms with van der Waals surface area (Å²) in [4.78, 5) is 13.9. The number of likely N-dealkylation sites (tertiary alicyclic amines) is 1. The van der Waals surface area contributed by atoms with Gasteiger partial charge in [-0.05, 0) is 25.0 Å². The molecule has 0 radical (unpaired) electrons. The molecule has 1 aromatic rings. The smallest absolute Gasteiger partial charge is 0.224 e. The molecule has 4 heteroatoms. The zero-order chi connectivity index (χ0) is 13.8. The van der Waals surface area contributed by atoms with Crippen molar-refractivity contribution in [3.05, 3.63) is 29.8 Å². The molecule has 1 amide bonds. The Kier molecular flexibility index (Phi) is 4.43. The minimum absolute atomic E-state index is 0.0715. The van der Waals surface area contributed by atoms with Crippen LogP contribution in [0.2, 0.25) is 0 Å². The van der Waals surface area contributed by atoms with Crippen LogP contribution in [0.15, 0.2) is 24.3 Å². The van der Waals surface area contributed by atoms with E-state index in [1.54, 1.807) is 7.11 Å². The fourth-order valence-electron chi connectivity index (χ4n) is 2.65. The van der Waals surface area contributed by atoms with E-state index in [1.807, 2.05) is 30.0 Å². The van der Waals surface area contributed by atoms with Crippen LogP contribution in [-0.4, -0.2) is 37.0 Å². The number of hydrogen-bond donors (Lipinski definition) is 1. The molecular weight excluding hydrogens is 240 g/mol. The Hall–Kier alpha value is -1.55. The quantitative estimate of drug-likeness (QED) is 0.899. The summed E-state index contributed by atoms with van der Waals surface area (Å²) in [6, 6.07) is 7.98. The van der Waals surface area contributed by atoms with Crippen LogP contribution in [0.3, 0.4) is 0 Å². The highest BCUT2D eigenvalue weighted by Crippen LogP contribution is 2.33. The molecule has 1 aromatic carbocycles. The monoisotopic (exact) mass is 262 g/mol. The van der Waals surface area contributed by atoms with Crippen LogP contribution >= 0.6 is 0 Å². The molecule has 1 aliphatic heterocycles. The Morgan fingerprint density at radius 1 is 1.53 bits per heavy atom. The Labute approximate surface area is 114 Å². The molecule has 0 bridgehead atoms. The molecule has 1 aliphatic rings. The standard InChI is InChI=1S/C15H22N2O2/c1-11(16)9-15(18)17-8-7-12(10-17)13-5-3-4-6-14(13)19-2/h3-6,11-12H,7-10,16H2,1-2H3. The maximum atomic E-state index is 12.0. The maximum absolute atomic E-state index is 12.0. The van der Waals surface area contributed by atoms with Crippen molar-refractivity contribution in [2.45, 2.75) is 31.7 Å². The topological polar surface area (TPSA) is 55.6 Å². The zero-order valence-electron chi connectivity index (χ0n) is 11.6. The van der Waals surface area contributed by atoms with E-state index in [1.165, 1.54) is 5.56 Å². The average Bonchev–Trinajstić information content (AvgIpc) is 2.87. The first-order valence-corrected chi connectivity index (χ1v) is 6.78. The van der Waals surface area contributed by atoms with Crippen LogP contribution in [0.5, 0.6) is 5.75 Å². The van der Waals surface area contributed by atoms with Crippen LogP contribution in [-0.2, 0) is 4.79 Å². The first-order valence-electron chi connectivity index (χ1n) is 6.78. The lowest BCUT2D eigenvalue weighted by Gasteiger charge is -2.18. The molecule has 0 spiro atoms. The Morgan fingerprint density at radius 3 is 2.95 bits per heavy atom. The predicted octanol–water partition coefficient (Wildman–Crippen LogP) is 1.75. The van der Waals surface area contributed by atoms with Crippen molar-refractivity contribution in [3.63, 3.8) is 0 Å². The van der Waals surface area contributed by atoms with Gasteiger partial charge in [-0.2, -0.15) is 0 Å². The number of methoxy groups -OCH3 is 1. The molecule has 1 saturated heterocycles. The largest absolute Gasteiger partial charge is 0.496 e. The molecule has 4 nitrogen and oxygen atoms in total. The van der Waals surface area contributed by atoms with E-state index >= 15 is 0 Å². The minimum Gasteiger partial charge on any atom is -0.496 e. The van der Waals surface area contributed by atoms with Crippen molar-refractivity contribution in [1.82, 2.24) is 4.90 Å². The number of carbonyl (C=O) groups is 1. The highest BCUT2D eigenvalue weighted by atomic mass is 16.5. The van der Waals surface area contributed by atoms with Crippen molar-refractivity contribution < 1.29 is 9.53 Å². The lowest BCUT2D eigenvalue weighted by molar-refractivity contribution is -0.130. The number of rotatable bonds is 4. The zero-order valence-corrected chi connectivity index (χ0v) is 11.6. The van der Waals surface area contributed by atoms with E-state index in [9.17, 15) is 4.79 Å². The molecule has 2 rings (SSSR count). The molecule has 1 fully saturated rings. The average molecular weight is 262 g/mol. The molecule has 2 atom stereocenters. The number of para-hydroxylation sites is 1. The van der Waals surface area contributed by atoms with Crippen LogP contribution in [0.1, 0.15) is 31.2 Å². The van der Waals surface area contributed by atoms with Gasteiger partial charge in [0, 0.05) is 31.5 Å². The van der Waals surface area contributed by atoms with E-state index in [0.717, 1.165) is 25.3 Å². The van der Waals surface area contributed by atoms with E-state index in [0.29, 0.717) is 12.3 Å². The molecule has 2 unspecified atom stereocenters. The van der Waals surface area contributed by atoms with E-state index in [2.05, 4.69) is 6.07 Å². The summed E-state index contributed by atoms with van der Waals surface area (Å²) in [6.07, 6.45) is 1.42. The summed E-state index contributed by atoms with van der Waals surface area (Å²) in [5.41, 5.74) is 6.88. The Bertz CT molecular complexity index is 446. The highest BCUT2D eigenvalue weighted by Gasteiger charge is 2.28. The second-order valence-electron chi connectivity index (χ2n) is 5.25. The van der Waals surface area contributed by atoms with Crippen molar-refractivity contribution in [2.75, 3.05) is 20.2 Å².